The fraction of sp³-hybridized carbons (Fsp3) is 0.714. The molecule has 1 aliphatic carbocycles. The van der Waals surface area contributed by atoms with E-state index in [0.29, 0.717) is 17.4 Å². The molecule has 112 valence electrons. The van der Waals surface area contributed by atoms with E-state index >= 15 is 0 Å². The van der Waals surface area contributed by atoms with Gasteiger partial charge in [-0.25, -0.2) is 0 Å². The van der Waals surface area contributed by atoms with Crippen molar-refractivity contribution in [3.05, 3.63) is 5.56 Å². The molecule has 0 unspecified atom stereocenters. The number of nitrogens with zero attached hydrogens (tertiary/aromatic N) is 1. The summed E-state index contributed by atoms with van der Waals surface area (Å²) in [5.74, 6) is 0.987. The molecule has 1 fully saturated rings. The molecule has 1 aliphatic rings. The van der Waals surface area contributed by atoms with Gasteiger partial charge in [0.15, 0.2) is 5.82 Å². The maximum absolute atomic E-state index is 12.2. The van der Waals surface area contributed by atoms with Crippen molar-refractivity contribution in [2.75, 3.05) is 11.1 Å². The number of carbonyl (C=O) groups excluding carboxylic acids is 1. The molecule has 0 atom stereocenters. The Hall–Kier alpha value is -1.30. The van der Waals surface area contributed by atoms with Crippen LogP contribution in [0.2, 0.25) is 0 Å². The number of amides is 1. The monoisotopic (exact) mass is 296 g/mol. The third kappa shape index (κ3) is 3.62. The average Bonchev–Trinajstić information content (AvgIpc) is 2.72. The van der Waals surface area contributed by atoms with Crippen LogP contribution in [0.5, 0.6) is 0 Å². The second-order valence-electron chi connectivity index (χ2n) is 6.00. The Balaban J connectivity index is 2.07. The summed E-state index contributed by atoms with van der Waals surface area (Å²) in [6.45, 7) is 6.16. The van der Waals surface area contributed by atoms with Crippen LogP contribution in [0, 0.1) is 5.92 Å². The van der Waals surface area contributed by atoms with Gasteiger partial charge in [0, 0.05) is 12.1 Å². The lowest BCUT2D eigenvalue weighted by Gasteiger charge is -2.27. The summed E-state index contributed by atoms with van der Waals surface area (Å²) < 4.78 is 4.12. The molecular formula is C14H24N4OS. The number of aromatic nitrogens is 1. The third-order valence-electron chi connectivity index (χ3n) is 3.72. The van der Waals surface area contributed by atoms with Crippen molar-refractivity contribution in [2.45, 2.75) is 58.5 Å². The molecule has 1 aromatic heterocycles. The highest BCUT2D eigenvalue weighted by Gasteiger charge is 2.24. The number of carbonyl (C=O) groups is 1. The van der Waals surface area contributed by atoms with Gasteiger partial charge in [-0.3, -0.25) is 4.79 Å². The fourth-order valence-corrected chi connectivity index (χ4v) is 3.33. The Kier molecular flexibility index (Phi) is 4.86. The Labute approximate surface area is 124 Å². The van der Waals surface area contributed by atoms with Crippen LogP contribution in [0.1, 0.15) is 56.8 Å². The second-order valence-corrected chi connectivity index (χ2v) is 6.77. The summed E-state index contributed by atoms with van der Waals surface area (Å²) >= 11 is 1.28. The highest BCUT2D eigenvalue weighted by molar-refractivity contribution is 7.11. The number of nitrogen functional groups attached to an aromatic ring is 1. The molecule has 1 amide bonds. The molecule has 20 heavy (non-hydrogen) atoms. The number of hydrogen-bond donors (Lipinski definition) is 3. The highest BCUT2D eigenvalue weighted by atomic mass is 32.1. The zero-order valence-corrected chi connectivity index (χ0v) is 13.2. The van der Waals surface area contributed by atoms with Crippen molar-refractivity contribution in [3.63, 3.8) is 0 Å². The predicted octanol–water partition coefficient (Wildman–Crippen LogP) is 2.85. The lowest BCUT2D eigenvalue weighted by atomic mass is 9.87. The van der Waals surface area contributed by atoms with Gasteiger partial charge >= 0.3 is 0 Å². The molecule has 1 saturated carbocycles. The first-order chi connectivity index (χ1) is 9.47. The molecule has 6 heteroatoms. The Morgan fingerprint density at radius 2 is 2.00 bits per heavy atom. The van der Waals surface area contributed by atoms with E-state index in [0.717, 1.165) is 23.8 Å². The lowest BCUT2D eigenvalue weighted by Crippen LogP contribution is -2.32. The van der Waals surface area contributed by atoms with E-state index < -0.39 is 0 Å². The molecule has 1 aromatic rings. The van der Waals surface area contributed by atoms with Crippen molar-refractivity contribution in [1.82, 2.24) is 9.69 Å². The molecule has 1 heterocycles. The first-order valence-electron chi connectivity index (χ1n) is 7.30. The normalized spacial score (nSPS) is 22.8. The van der Waals surface area contributed by atoms with Gasteiger partial charge < -0.3 is 16.4 Å². The molecule has 2 rings (SSSR count). The summed E-state index contributed by atoms with van der Waals surface area (Å²) in [4.78, 5) is 12.2. The van der Waals surface area contributed by atoms with E-state index in [-0.39, 0.29) is 11.9 Å². The molecule has 4 N–H and O–H groups in total. The summed E-state index contributed by atoms with van der Waals surface area (Å²) in [5, 5.41) is 7.14. The molecule has 0 bridgehead atoms. The van der Waals surface area contributed by atoms with Crippen LogP contribution in [-0.2, 0) is 0 Å². The molecule has 0 aliphatic heterocycles. The topological polar surface area (TPSA) is 80.0 Å². The lowest BCUT2D eigenvalue weighted by molar-refractivity contribution is 0.0945. The number of nitrogens with two attached hydrogens (primary N) is 1. The van der Waals surface area contributed by atoms with E-state index in [1.807, 2.05) is 13.8 Å². The summed E-state index contributed by atoms with van der Waals surface area (Å²) in [5.41, 5.74) is 6.35. The SMILES string of the molecule is CC1CCC(Nc2snc(N)c2C(=O)NC(C)C)CC1. The molecule has 5 nitrogen and oxygen atoms in total. The largest absolute Gasteiger partial charge is 0.382 e. The van der Waals surface area contributed by atoms with Crippen LogP contribution in [0.25, 0.3) is 0 Å². The van der Waals surface area contributed by atoms with Crippen molar-refractivity contribution in [1.29, 1.82) is 0 Å². The predicted molar refractivity (Wildman–Crippen MR) is 84.2 cm³/mol. The number of anilines is 2. The van der Waals surface area contributed by atoms with Gasteiger partial charge in [-0.2, -0.15) is 4.37 Å². The minimum atomic E-state index is -0.141. The highest BCUT2D eigenvalue weighted by Crippen LogP contribution is 2.31. The van der Waals surface area contributed by atoms with Crippen molar-refractivity contribution >= 4 is 28.3 Å². The van der Waals surface area contributed by atoms with E-state index in [4.69, 9.17) is 5.73 Å². The minimum Gasteiger partial charge on any atom is -0.382 e. The molecule has 0 radical (unpaired) electrons. The van der Waals surface area contributed by atoms with Crippen LogP contribution < -0.4 is 16.4 Å². The quantitative estimate of drug-likeness (QED) is 0.798. The van der Waals surface area contributed by atoms with E-state index in [1.165, 1.54) is 24.4 Å². The van der Waals surface area contributed by atoms with E-state index in [9.17, 15) is 4.79 Å². The van der Waals surface area contributed by atoms with Crippen molar-refractivity contribution in [3.8, 4) is 0 Å². The van der Waals surface area contributed by atoms with Crippen LogP contribution in [0.4, 0.5) is 10.8 Å². The molecular weight excluding hydrogens is 272 g/mol. The Bertz CT molecular complexity index is 464. The second kappa shape index (κ2) is 6.43. The minimum absolute atomic E-state index is 0.0881. The van der Waals surface area contributed by atoms with Crippen molar-refractivity contribution in [2.24, 2.45) is 5.92 Å². The molecule has 0 aromatic carbocycles. The van der Waals surface area contributed by atoms with E-state index in [2.05, 4.69) is 21.9 Å². The number of hydrogen-bond acceptors (Lipinski definition) is 5. The summed E-state index contributed by atoms with van der Waals surface area (Å²) in [6, 6.07) is 0.516. The molecule has 0 saturated heterocycles. The smallest absolute Gasteiger partial charge is 0.258 e. The van der Waals surface area contributed by atoms with Crippen LogP contribution >= 0.6 is 11.5 Å². The zero-order chi connectivity index (χ0) is 14.7. The van der Waals surface area contributed by atoms with Crippen LogP contribution in [0.15, 0.2) is 0 Å². The average molecular weight is 296 g/mol. The van der Waals surface area contributed by atoms with Crippen LogP contribution in [0.3, 0.4) is 0 Å². The van der Waals surface area contributed by atoms with E-state index in [1.54, 1.807) is 0 Å². The summed E-state index contributed by atoms with van der Waals surface area (Å²) in [6.07, 6.45) is 4.76. The van der Waals surface area contributed by atoms with Gasteiger partial charge in [0.05, 0.1) is 0 Å². The number of nitrogens with one attached hydrogen (secondary N) is 2. The van der Waals surface area contributed by atoms with Gasteiger partial charge in [0.25, 0.3) is 5.91 Å². The fourth-order valence-electron chi connectivity index (χ4n) is 2.54. The van der Waals surface area contributed by atoms with Gasteiger partial charge in [-0.15, -0.1) is 0 Å². The molecule has 0 spiro atoms. The first-order valence-corrected chi connectivity index (χ1v) is 8.07. The van der Waals surface area contributed by atoms with Gasteiger partial charge in [-0.1, -0.05) is 6.92 Å². The van der Waals surface area contributed by atoms with Crippen LogP contribution in [-0.4, -0.2) is 22.4 Å². The first kappa shape index (κ1) is 15.1. The van der Waals surface area contributed by atoms with Gasteiger partial charge in [0.1, 0.15) is 10.6 Å². The van der Waals surface area contributed by atoms with Gasteiger partial charge in [0.2, 0.25) is 0 Å². The zero-order valence-electron chi connectivity index (χ0n) is 12.4. The van der Waals surface area contributed by atoms with Crippen molar-refractivity contribution < 1.29 is 4.79 Å². The third-order valence-corrected chi connectivity index (χ3v) is 4.51. The summed E-state index contributed by atoms with van der Waals surface area (Å²) in [7, 11) is 0. The van der Waals surface area contributed by atoms with Gasteiger partial charge in [-0.05, 0) is 57.0 Å². The number of rotatable bonds is 4. The Morgan fingerprint density at radius 3 is 2.60 bits per heavy atom. The Morgan fingerprint density at radius 1 is 1.35 bits per heavy atom. The maximum Gasteiger partial charge on any atom is 0.258 e. The maximum atomic E-state index is 12.2. The standard InChI is InChI=1S/C14H24N4OS/c1-8(2)16-13(19)11-12(15)18-20-14(11)17-10-6-4-9(3)5-7-10/h8-10,17H,4-7H2,1-3H3,(H2,15,18)(H,16,19).